The highest BCUT2D eigenvalue weighted by molar-refractivity contribution is 5.82. The second-order valence-corrected chi connectivity index (χ2v) is 32.9. The van der Waals surface area contributed by atoms with Gasteiger partial charge in [-0.15, -0.1) is 0 Å². The van der Waals surface area contributed by atoms with Gasteiger partial charge in [-0.1, -0.05) is 67.0 Å². The summed E-state index contributed by atoms with van der Waals surface area (Å²) in [6.45, 7) is 19.2. The predicted molar refractivity (Wildman–Crippen MR) is 357 cm³/mol. The van der Waals surface area contributed by atoms with Crippen molar-refractivity contribution in [1.82, 2.24) is 0 Å². The van der Waals surface area contributed by atoms with E-state index in [2.05, 4.69) is 26.8 Å². The van der Waals surface area contributed by atoms with Gasteiger partial charge in [0.15, 0.2) is 49.6 Å². The maximum atomic E-state index is 16.4. The summed E-state index contributed by atoms with van der Waals surface area (Å²) >= 11 is 0. The maximum absolute atomic E-state index is 16.4. The number of hydrogen-bond acceptors (Lipinski definition) is 32. The van der Waals surface area contributed by atoms with E-state index in [0.29, 0.717) is 44.9 Å². The van der Waals surface area contributed by atoms with Crippen molar-refractivity contribution in [2.45, 2.75) is 320 Å². The fourth-order valence-corrected chi connectivity index (χ4v) is 19.5. The lowest BCUT2D eigenvalue weighted by molar-refractivity contribution is -0.385. The third kappa shape index (κ3) is 15.0. The number of fused-ring (bicyclic) bond motifs is 7. The molecule has 0 aromatic heterocycles. The fourth-order valence-electron chi connectivity index (χ4n) is 19.5. The first-order valence-electron chi connectivity index (χ1n) is 37.4. The van der Waals surface area contributed by atoms with Crippen molar-refractivity contribution in [2.24, 2.45) is 62.1 Å². The molecule has 10 aliphatic rings. The summed E-state index contributed by atoms with van der Waals surface area (Å²) in [5.74, 6) is -7.84. The smallest absolute Gasteiger partial charge is 0.335 e. The number of allylic oxidation sites excluding steroid dienone is 2. The molecule has 0 spiro atoms. The van der Waals surface area contributed by atoms with Crippen LogP contribution >= 0.6 is 0 Å². The molecule has 106 heavy (non-hydrogen) atoms. The molecule has 33 nitrogen and oxygen atoms in total. The molecule has 9 fully saturated rings. The predicted octanol–water partition coefficient (Wildman–Crippen LogP) is -0.173. The number of aliphatic hydroxyl groups is 12. The Morgan fingerprint density at radius 1 is 0.538 bits per heavy atom. The number of aliphatic hydroxyl groups excluding tert-OH is 12. The van der Waals surface area contributed by atoms with Gasteiger partial charge in [0.1, 0.15) is 85.5 Å². The van der Waals surface area contributed by atoms with Crippen molar-refractivity contribution in [3.63, 3.8) is 0 Å². The number of ether oxygens (including phenoxy) is 14. The number of rotatable bonds is 22. The Kier molecular flexibility index (Phi) is 25.8. The van der Waals surface area contributed by atoms with Gasteiger partial charge in [-0.3, -0.25) is 24.0 Å². The average Bonchev–Trinajstić information content (AvgIpc) is 0.673. The molecular formula is C73H114O33. The number of carbonyl (C=O) groups excluding carboxylic acids is 5. The summed E-state index contributed by atoms with van der Waals surface area (Å²) in [7, 11) is 1.29. The summed E-state index contributed by atoms with van der Waals surface area (Å²) < 4.78 is 86.4. The molecule has 5 aliphatic heterocycles. The normalized spacial score (nSPS) is 48.6. The van der Waals surface area contributed by atoms with Crippen molar-refractivity contribution in [2.75, 3.05) is 26.9 Å². The zero-order valence-electron chi connectivity index (χ0n) is 62.6. The highest BCUT2D eigenvalue weighted by Crippen LogP contribution is 2.76. The summed E-state index contributed by atoms with van der Waals surface area (Å²) in [5, 5.41) is 143. The van der Waals surface area contributed by atoms with Crippen LogP contribution in [0, 0.1) is 62.1 Å². The van der Waals surface area contributed by atoms with E-state index in [4.69, 9.17) is 66.3 Å². The minimum Gasteiger partial charge on any atom is -0.479 e. The van der Waals surface area contributed by atoms with E-state index < -0.39 is 259 Å². The second-order valence-electron chi connectivity index (χ2n) is 32.9. The lowest BCUT2D eigenvalue weighted by Crippen LogP contribution is -2.68. The van der Waals surface area contributed by atoms with E-state index in [1.54, 1.807) is 34.6 Å². The van der Waals surface area contributed by atoms with Crippen LogP contribution in [-0.2, 0) is 95.1 Å². The quantitative estimate of drug-likeness (QED) is 0.0289. The van der Waals surface area contributed by atoms with Crippen LogP contribution in [0.4, 0.5) is 0 Å². The minimum atomic E-state index is -2.13. The first-order chi connectivity index (χ1) is 49.7. The first kappa shape index (κ1) is 84.2. The van der Waals surface area contributed by atoms with Crippen LogP contribution in [0.2, 0.25) is 0 Å². The topological polar surface area (TPSA) is 495 Å². The van der Waals surface area contributed by atoms with Crippen LogP contribution in [0.5, 0.6) is 0 Å². The lowest BCUT2D eigenvalue weighted by atomic mass is 9.33. The van der Waals surface area contributed by atoms with Gasteiger partial charge in [0.2, 0.25) is 6.29 Å². The Balaban J connectivity index is 1.01. The number of methoxy groups -OCH3 is 1. The molecule has 18 unspecified atom stereocenters. The summed E-state index contributed by atoms with van der Waals surface area (Å²) in [6, 6.07) is 0. The third-order valence-electron chi connectivity index (χ3n) is 26.7. The molecule has 33 heteroatoms. The molecular weight excluding hydrogens is 1400 g/mol. The van der Waals surface area contributed by atoms with Crippen molar-refractivity contribution >= 4 is 35.8 Å². The van der Waals surface area contributed by atoms with E-state index in [-0.39, 0.29) is 50.5 Å². The van der Waals surface area contributed by atoms with Crippen LogP contribution in [-0.4, -0.2) is 289 Å². The van der Waals surface area contributed by atoms with Gasteiger partial charge < -0.3 is 133 Å². The number of carboxylic acids is 1. The molecule has 37 atom stereocenters. The summed E-state index contributed by atoms with van der Waals surface area (Å²) in [5.41, 5.74) is -4.87. The SMILES string of the molecule is CC[C@H](C)C(=O)OC1C(O)[C@H](OC2C(O[C@@H]3OC(CO)[C@@H](O)C(O)C3O)[C@H](OC(=O)[C@@H](C)CC)C(C)O[C@H]2OC(=O)[C@]23CC[C@](C)(C(=O)OC)CC2C2=CCC4[C@@]5(C)CC[C@H](O[C@@H]6OC(C(=O)O)[C@H](O)C(O)C6O[C@@H]6OC(CO)[C@H](O)C(O)C6O)[C@@](C)(COC(C)=O)C5CC[C@@]4(C)[C@]2(C)CC3)OC(C)[C@@H]1O. The number of esters is 5. The van der Waals surface area contributed by atoms with Gasteiger partial charge in [0, 0.05) is 12.3 Å². The summed E-state index contributed by atoms with van der Waals surface area (Å²) in [6.07, 6.45) is -40.7. The van der Waals surface area contributed by atoms with Crippen LogP contribution in [0.3, 0.4) is 0 Å². The van der Waals surface area contributed by atoms with Crippen molar-refractivity contribution in [1.29, 1.82) is 0 Å². The van der Waals surface area contributed by atoms with Crippen LogP contribution < -0.4 is 0 Å². The average molecular weight is 1520 g/mol. The van der Waals surface area contributed by atoms with Crippen molar-refractivity contribution in [3.8, 4) is 0 Å². The Bertz CT molecular complexity index is 3150. The minimum absolute atomic E-state index is 0.0600. The fraction of sp³-hybridized carbons (Fsp3) is 0.890. The Hall–Kier alpha value is -4.28. The van der Waals surface area contributed by atoms with Crippen LogP contribution in [0.25, 0.3) is 0 Å². The highest BCUT2D eigenvalue weighted by Gasteiger charge is 2.72. The highest BCUT2D eigenvalue weighted by atomic mass is 16.8. The molecule has 0 aromatic rings. The molecule has 604 valence electrons. The van der Waals surface area contributed by atoms with Gasteiger partial charge in [-0.2, -0.15) is 0 Å². The van der Waals surface area contributed by atoms with E-state index in [1.165, 1.54) is 27.9 Å². The molecule has 0 aromatic carbocycles. The van der Waals surface area contributed by atoms with Crippen molar-refractivity contribution < 1.29 is 161 Å². The Morgan fingerprint density at radius 2 is 1.08 bits per heavy atom. The monoisotopic (exact) mass is 1520 g/mol. The molecule has 0 radical (unpaired) electrons. The van der Waals surface area contributed by atoms with E-state index >= 15 is 4.79 Å². The molecule has 10 rings (SSSR count). The Morgan fingerprint density at radius 3 is 1.64 bits per heavy atom. The van der Waals surface area contributed by atoms with E-state index in [0.717, 1.165) is 5.57 Å². The molecule has 4 saturated carbocycles. The van der Waals surface area contributed by atoms with E-state index in [1.807, 2.05) is 6.92 Å². The number of carboxylic acid groups (broad SMARTS) is 1. The second kappa shape index (κ2) is 32.4. The Labute approximate surface area is 615 Å². The maximum Gasteiger partial charge on any atom is 0.335 e. The molecule has 5 aliphatic carbocycles. The zero-order valence-corrected chi connectivity index (χ0v) is 62.6. The number of carbonyl (C=O) groups is 6. The first-order valence-corrected chi connectivity index (χ1v) is 37.4. The van der Waals surface area contributed by atoms with Gasteiger partial charge in [-0.25, -0.2) is 4.79 Å². The molecule has 0 bridgehead atoms. The largest absolute Gasteiger partial charge is 0.479 e. The van der Waals surface area contributed by atoms with Crippen LogP contribution in [0.15, 0.2) is 11.6 Å². The molecule has 0 amide bonds. The van der Waals surface area contributed by atoms with Crippen LogP contribution in [0.1, 0.15) is 160 Å². The van der Waals surface area contributed by atoms with Gasteiger partial charge in [-0.05, 0) is 132 Å². The molecule has 5 heterocycles. The number of hydrogen-bond donors (Lipinski definition) is 13. The molecule has 5 saturated heterocycles. The van der Waals surface area contributed by atoms with Gasteiger partial charge in [0.05, 0.1) is 67.9 Å². The zero-order chi connectivity index (χ0) is 78.2. The van der Waals surface area contributed by atoms with Gasteiger partial charge in [0.25, 0.3) is 0 Å². The third-order valence-corrected chi connectivity index (χ3v) is 26.7. The standard InChI is InChI=1S/C73H114O33/c1-14-30(3)59(89)100-52-33(6)96-65(57(56(52)104-62-50(85)46(81)44(79)38(28-75)98-62)105-63-51(86)53(42(77)32(5)95-63)101-60(90)31(4)15-2)106-67(92)73-24-22-68(8,66(91)93-13)26-36(73)35-16-17-40-69(9)20-19-41(70(10,29-94-34(7)76)39(69)18-21-72(40,12)71(35,11)23-25-73)99-64-55(48(83)47(82)54(102-64)58(87)88)103-61-49(84)45(80)43(78)37(27-74)97-61/h16,30-33,36-57,61-65,74-75,77-86H,14-15,17-29H2,1-13H3,(H,87,88)/t30-,31-,32?,33?,36?,37?,38?,39?,40?,41-,42-,43-,44+,45?,46?,47+,48?,49?,50?,51?,52+,53?,54?,55?,56?,57?,61-,62-,63-,64+,65-,68-,69-,70-,71+,72+,73-/m0/s1. The number of aliphatic carboxylic acids is 1. The van der Waals surface area contributed by atoms with Gasteiger partial charge >= 0.3 is 35.8 Å². The lowest BCUT2D eigenvalue weighted by Gasteiger charge is -2.71. The summed E-state index contributed by atoms with van der Waals surface area (Å²) in [4.78, 5) is 83.7. The molecule has 13 N–H and O–H groups in total. The van der Waals surface area contributed by atoms with Crippen molar-refractivity contribution in [3.05, 3.63) is 11.6 Å². The van der Waals surface area contributed by atoms with E-state index in [9.17, 15) is 90.4 Å².